The Labute approximate surface area is 186 Å². The van der Waals surface area contributed by atoms with Crippen LogP contribution in [0.25, 0.3) is 16.9 Å². The number of nitrogens with zero attached hydrogens (tertiary/aromatic N) is 4. The molecule has 13 heteroatoms. The molecule has 0 bridgehead atoms. The zero-order valence-electron chi connectivity index (χ0n) is 16.7. The van der Waals surface area contributed by atoms with Gasteiger partial charge in [0.05, 0.1) is 29.8 Å². The van der Waals surface area contributed by atoms with Gasteiger partial charge in [-0.15, -0.1) is 4.80 Å². The van der Waals surface area contributed by atoms with Gasteiger partial charge in [-0.1, -0.05) is 0 Å². The topological polar surface area (TPSA) is 98.7 Å². The Morgan fingerprint density at radius 1 is 0.941 bits per heavy atom. The van der Waals surface area contributed by atoms with E-state index >= 15 is 0 Å². The van der Waals surface area contributed by atoms with Crippen LogP contribution in [0.3, 0.4) is 0 Å². The summed E-state index contributed by atoms with van der Waals surface area (Å²) in [5.41, 5.74) is 2.67. The van der Waals surface area contributed by atoms with Crippen molar-refractivity contribution >= 4 is 17.3 Å². The van der Waals surface area contributed by atoms with Crippen LogP contribution in [0.2, 0.25) is 0 Å². The Hall–Kier alpha value is -4.42. The van der Waals surface area contributed by atoms with Gasteiger partial charge in [-0.3, -0.25) is 4.79 Å². The largest absolute Gasteiger partial charge is 0.420 e. The van der Waals surface area contributed by atoms with Crippen molar-refractivity contribution in [1.82, 2.24) is 20.0 Å². The summed E-state index contributed by atoms with van der Waals surface area (Å²) in [5, 5.41) is 9.26. The molecule has 0 saturated heterocycles. The molecule has 4 rings (SSSR count). The highest BCUT2D eigenvalue weighted by atomic mass is 19.4. The number of anilines is 2. The molecular weight excluding hydrogens is 466 g/mol. The van der Waals surface area contributed by atoms with Crippen LogP contribution in [0.4, 0.5) is 37.7 Å². The first-order valence-corrected chi connectivity index (χ1v) is 9.34. The van der Waals surface area contributed by atoms with Crippen LogP contribution < -0.4 is 11.1 Å². The monoisotopic (exact) mass is 478 g/mol. The molecule has 34 heavy (non-hydrogen) atoms. The third kappa shape index (κ3) is 4.40. The second-order valence-electron chi connectivity index (χ2n) is 6.91. The van der Waals surface area contributed by atoms with E-state index in [1.165, 1.54) is 0 Å². The third-order valence-corrected chi connectivity index (χ3v) is 4.64. The van der Waals surface area contributed by atoms with Crippen molar-refractivity contribution in [3.05, 3.63) is 83.6 Å². The van der Waals surface area contributed by atoms with Crippen molar-refractivity contribution < 1.29 is 31.1 Å². The Kier molecular flexibility index (Phi) is 5.69. The van der Waals surface area contributed by atoms with Gasteiger partial charge in [0.1, 0.15) is 23.0 Å². The number of nitrogens with two attached hydrogens (primary N) is 1. The Bertz CT molecular complexity index is 1390. The third-order valence-electron chi connectivity index (χ3n) is 4.64. The summed E-state index contributed by atoms with van der Waals surface area (Å²) in [6.45, 7) is 0. The number of nitrogens with one attached hydrogen (secondary N) is 1. The minimum Gasteiger partial charge on any atom is -0.398 e. The van der Waals surface area contributed by atoms with Crippen molar-refractivity contribution in [1.29, 1.82) is 0 Å². The van der Waals surface area contributed by atoms with E-state index in [4.69, 9.17) is 5.73 Å². The van der Waals surface area contributed by atoms with Crippen LogP contribution in [0.1, 0.15) is 15.9 Å². The number of hydrogen-bond donors (Lipinski definition) is 2. The van der Waals surface area contributed by atoms with Crippen molar-refractivity contribution in [2.75, 3.05) is 11.1 Å². The van der Waals surface area contributed by atoms with E-state index in [9.17, 15) is 31.1 Å². The number of halogens is 6. The summed E-state index contributed by atoms with van der Waals surface area (Å²) in [7, 11) is 0. The average Bonchev–Trinajstić information content (AvgIpc) is 3.29. The number of amides is 1. The molecule has 0 saturated carbocycles. The number of benzene rings is 2. The normalized spacial score (nSPS) is 11.5. The smallest absolute Gasteiger partial charge is 0.398 e. The maximum absolute atomic E-state index is 14.7. The summed E-state index contributed by atoms with van der Waals surface area (Å²) in [4.78, 5) is 16.8. The van der Waals surface area contributed by atoms with Crippen LogP contribution in [-0.2, 0) is 6.18 Å². The van der Waals surface area contributed by atoms with Gasteiger partial charge in [-0.05, 0) is 36.4 Å². The van der Waals surface area contributed by atoms with E-state index in [-0.39, 0.29) is 16.8 Å². The van der Waals surface area contributed by atoms with E-state index in [0.29, 0.717) is 23.0 Å². The molecule has 2 aromatic heterocycles. The summed E-state index contributed by atoms with van der Waals surface area (Å²) in [5.74, 6) is -4.79. The van der Waals surface area contributed by atoms with Crippen LogP contribution in [-0.4, -0.2) is 25.9 Å². The molecule has 0 atom stereocenters. The fraction of sp³-hybridized carbons (Fsp3) is 0.0476. The highest BCUT2D eigenvalue weighted by molar-refractivity contribution is 6.04. The lowest BCUT2D eigenvalue weighted by atomic mass is 10.0. The summed E-state index contributed by atoms with van der Waals surface area (Å²) < 4.78 is 83.0. The Balaban J connectivity index is 1.66. The van der Waals surface area contributed by atoms with Crippen LogP contribution in [0, 0.1) is 17.5 Å². The van der Waals surface area contributed by atoms with Gasteiger partial charge < -0.3 is 11.1 Å². The summed E-state index contributed by atoms with van der Waals surface area (Å²) >= 11 is 0. The van der Waals surface area contributed by atoms with Gasteiger partial charge in [0, 0.05) is 16.8 Å². The summed E-state index contributed by atoms with van der Waals surface area (Å²) in [6, 6.07) is 4.86. The average molecular weight is 478 g/mol. The molecule has 0 aliphatic carbocycles. The van der Waals surface area contributed by atoms with Gasteiger partial charge >= 0.3 is 6.18 Å². The molecule has 0 aliphatic heterocycles. The quantitative estimate of drug-likeness (QED) is 0.330. The molecule has 3 N–H and O–H groups in total. The molecule has 174 valence electrons. The van der Waals surface area contributed by atoms with Crippen LogP contribution >= 0.6 is 0 Å². The van der Waals surface area contributed by atoms with Crippen LogP contribution in [0.5, 0.6) is 0 Å². The summed E-state index contributed by atoms with van der Waals surface area (Å²) in [6.07, 6.45) is -1.70. The molecular formula is C21H12F6N6O. The van der Waals surface area contributed by atoms with E-state index in [1.54, 1.807) is 0 Å². The van der Waals surface area contributed by atoms with E-state index in [0.717, 1.165) is 36.8 Å². The van der Waals surface area contributed by atoms with Crippen molar-refractivity contribution in [2.24, 2.45) is 0 Å². The van der Waals surface area contributed by atoms with Gasteiger partial charge in [0.25, 0.3) is 5.91 Å². The first-order chi connectivity index (χ1) is 16.0. The molecule has 0 radical (unpaired) electrons. The fourth-order valence-corrected chi connectivity index (χ4v) is 3.12. The number of carbonyl (C=O) groups is 1. The first kappa shape index (κ1) is 22.8. The first-order valence-electron chi connectivity index (χ1n) is 9.34. The Morgan fingerprint density at radius 2 is 1.65 bits per heavy atom. The number of carbonyl (C=O) groups excluding carboxylic acids is 1. The highest BCUT2D eigenvalue weighted by Crippen LogP contribution is 2.34. The van der Waals surface area contributed by atoms with Gasteiger partial charge in [0.15, 0.2) is 5.82 Å². The lowest BCUT2D eigenvalue weighted by molar-refractivity contribution is -0.137. The zero-order chi connectivity index (χ0) is 24.6. The van der Waals surface area contributed by atoms with Gasteiger partial charge in [-0.25, -0.2) is 18.2 Å². The SMILES string of the molecule is Nc1cc(F)ccc1-c1cc(F)c(C(=O)Nc2cnc(-n3nccn3)c(C(F)(F)F)c2)cc1F. The lowest BCUT2D eigenvalue weighted by Crippen LogP contribution is -2.18. The number of aromatic nitrogens is 4. The molecule has 0 unspecified atom stereocenters. The molecule has 2 aromatic carbocycles. The number of hydrogen-bond acceptors (Lipinski definition) is 5. The molecule has 0 spiro atoms. The minimum atomic E-state index is -4.88. The zero-order valence-corrected chi connectivity index (χ0v) is 16.7. The second kappa shape index (κ2) is 8.50. The number of rotatable bonds is 4. The van der Waals surface area contributed by atoms with E-state index in [2.05, 4.69) is 20.5 Å². The van der Waals surface area contributed by atoms with Gasteiger partial charge in [0.2, 0.25) is 0 Å². The standard InChI is InChI=1S/C21H12F6N6O/c22-10-1-2-12(18(28)5-10)13-7-17(24)14(8-16(13)23)20(34)32-11-6-15(21(25,26)27)19(29-9-11)33-30-3-4-31-33/h1-9H,28H2,(H,32,34). The lowest BCUT2D eigenvalue weighted by Gasteiger charge is -2.14. The highest BCUT2D eigenvalue weighted by Gasteiger charge is 2.36. The predicted octanol–water partition coefficient (Wildman–Crippen LogP) is 4.60. The molecule has 2 heterocycles. The van der Waals surface area contributed by atoms with Crippen LogP contribution in [0.15, 0.2) is 55.0 Å². The fourth-order valence-electron chi connectivity index (χ4n) is 3.12. The number of pyridine rings is 1. The maximum atomic E-state index is 14.7. The van der Waals surface area contributed by atoms with Gasteiger partial charge in [-0.2, -0.15) is 23.4 Å². The van der Waals surface area contributed by atoms with Crippen molar-refractivity contribution in [3.63, 3.8) is 0 Å². The number of alkyl halides is 3. The molecule has 0 fully saturated rings. The Morgan fingerprint density at radius 3 is 2.29 bits per heavy atom. The minimum absolute atomic E-state index is 0.00778. The second-order valence-corrected chi connectivity index (χ2v) is 6.91. The van der Waals surface area contributed by atoms with Crippen molar-refractivity contribution in [3.8, 4) is 16.9 Å². The predicted molar refractivity (Wildman–Crippen MR) is 108 cm³/mol. The van der Waals surface area contributed by atoms with E-state index in [1.807, 2.05) is 0 Å². The molecule has 0 aliphatic rings. The maximum Gasteiger partial charge on any atom is 0.420 e. The molecule has 4 aromatic rings. The van der Waals surface area contributed by atoms with Crippen molar-refractivity contribution in [2.45, 2.75) is 6.18 Å². The van der Waals surface area contributed by atoms with E-state index < -0.39 is 52.2 Å². The molecule has 1 amide bonds. The molecule has 7 nitrogen and oxygen atoms in total. The number of nitrogen functional groups attached to an aromatic ring is 1.